The van der Waals surface area contributed by atoms with E-state index >= 15 is 0 Å². The van der Waals surface area contributed by atoms with Crippen LogP contribution >= 0.6 is 11.3 Å². The second kappa shape index (κ2) is 4.82. The summed E-state index contributed by atoms with van der Waals surface area (Å²) in [5.41, 5.74) is 3.04. The van der Waals surface area contributed by atoms with Gasteiger partial charge in [-0.15, -0.1) is 11.3 Å². The van der Waals surface area contributed by atoms with Crippen molar-refractivity contribution in [2.24, 2.45) is 0 Å². The normalized spacial score (nSPS) is 19.1. The van der Waals surface area contributed by atoms with E-state index in [0.29, 0.717) is 12.0 Å². The molecule has 0 amide bonds. The Kier molecular flexibility index (Phi) is 3.18. The van der Waals surface area contributed by atoms with Crippen molar-refractivity contribution in [2.45, 2.75) is 32.2 Å². The van der Waals surface area contributed by atoms with Crippen LogP contribution in [0.15, 0.2) is 30.5 Å². The molecule has 0 radical (unpaired) electrons. The van der Waals surface area contributed by atoms with Crippen molar-refractivity contribution >= 4 is 11.3 Å². The summed E-state index contributed by atoms with van der Waals surface area (Å²) in [6, 6.07) is 9.11. The first-order chi connectivity index (χ1) is 8.74. The van der Waals surface area contributed by atoms with Gasteiger partial charge in [0.15, 0.2) is 0 Å². The van der Waals surface area contributed by atoms with Crippen LogP contribution in [0.2, 0.25) is 0 Å². The van der Waals surface area contributed by atoms with Crippen LogP contribution < -0.4 is 5.32 Å². The molecule has 3 rings (SSSR count). The average molecular weight is 258 g/mol. The van der Waals surface area contributed by atoms with Crippen LogP contribution in [0.1, 0.15) is 39.9 Å². The zero-order valence-corrected chi connectivity index (χ0v) is 11.6. The van der Waals surface area contributed by atoms with Crippen LogP contribution in [0.5, 0.6) is 0 Å². The van der Waals surface area contributed by atoms with E-state index in [1.807, 2.05) is 6.20 Å². The minimum Gasteiger partial charge on any atom is -0.308 e. The van der Waals surface area contributed by atoms with Gasteiger partial charge < -0.3 is 5.32 Å². The van der Waals surface area contributed by atoms with Gasteiger partial charge in [0.2, 0.25) is 0 Å². The van der Waals surface area contributed by atoms with E-state index in [2.05, 4.69) is 48.4 Å². The summed E-state index contributed by atoms with van der Waals surface area (Å²) in [5.74, 6) is 0.685. The maximum absolute atomic E-state index is 4.44. The number of nitrogens with zero attached hydrogens (tertiary/aromatic N) is 1. The number of thiazole rings is 1. The van der Waals surface area contributed by atoms with Crippen molar-refractivity contribution in [1.82, 2.24) is 10.3 Å². The Bertz CT molecular complexity index is 547. The largest absolute Gasteiger partial charge is 0.308 e. The molecule has 18 heavy (non-hydrogen) atoms. The summed E-state index contributed by atoms with van der Waals surface area (Å²) in [7, 11) is 0. The fourth-order valence-corrected chi connectivity index (χ4v) is 3.32. The monoisotopic (exact) mass is 258 g/mol. The maximum atomic E-state index is 4.44. The lowest BCUT2D eigenvalue weighted by atomic mass is 9.77. The van der Waals surface area contributed by atoms with Gasteiger partial charge >= 0.3 is 0 Å². The van der Waals surface area contributed by atoms with Gasteiger partial charge in [-0.1, -0.05) is 24.3 Å². The number of nitrogens with one attached hydrogen (secondary N) is 1. The lowest BCUT2D eigenvalue weighted by Gasteiger charge is -2.31. The number of rotatable bonds is 4. The molecule has 0 aliphatic heterocycles. The van der Waals surface area contributed by atoms with Crippen LogP contribution in [-0.4, -0.2) is 11.5 Å². The Hall–Kier alpha value is -1.19. The van der Waals surface area contributed by atoms with Gasteiger partial charge in [0.1, 0.15) is 5.01 Å². The lowest BCUT2D eigenvalue weighted by Crippen LogP contribution is -2.30. The summed E-state index contributed by atoms with van der Waals surface area (Å²) in [4.78, 5) is 5.72. The van der Waals surface area contributed by atoms with Crippen LogP contribution in [0.3, 0.4) is 0 Å². The molecule has 94 valence electrons. The molecule has 2 nitrogen and oxygen atoms in total. The highest BCUT2D eigenvalue weighted by molar-refractivity contribution is 7.11. The van der Waals surface area contributed by atoms with Crippen molar-refractivity contribution in [3.05, 3.63) is 51.5 Å². The standard InChI is InChI=1S/C15H18N2S/c1-10-8-17-15(18-10)11(2)16-9-13-7-12-5-3-4-6-14(12)13/h3-6,8,11,13,16H,7,9H2,1-2H3. The molecule has 2 atom stereocenters. The van der Waals surface area contributed by atoms with Gasteiger partial charge in [-0.25, -0.2) is 4.98 Å². The Balaban J connectivity index is 1.57. The van der Waals surface area contributed by atoms with Gasteiger partial charge in [0, 0.05) is 23.5 Å². The second-order valence-electron chi connectivity index (χ2n) is 5.04. The first-order valence-electron chi connectivity index (χ1n) is 6.47. The van der Waals surface area contributed by atoms with Gasteiger partial charge in [0.25, 0.3) is 0 Å². The van der Waals surface area contributed by atoms with Crippen LogP contribution in [0.25, 0.3) is 0 Å². The third-order valence-electron chi connectivity index (χ3n) is 3.64. The molecule has 2 aromatic rings. The van der Waals surface area contributed by atoms with Gasteiger partial charge in [-0.3, -0.25) is 0 Å². The molecule has 1 aromatic carbocycles. The summed E-state index contributed by atoms with van der Waals surface area (Å²) in [6.45, 7) is 5.36. The molecule has 2 unspecified atom stereocenters. The highest BCUT2D eigenvalue weighted by Gasteiger charge is 2.25. The molecule has 1 aromatic heterocycles. The minimum absolute atomic E-state index is 0.358. The van der Waals surface area contributed by atoms with Crippen molar-refractivity contribution in [2.75, 3.05) is 6.54 Å². The molecule has 0 saturated carbocycles. The number of hydrogen-bond donors (Lipinski definition) is 1. The van der Waals surface area contributed by atoms with Crippen molar-refractivity contribution in [3.8, 4) is 0 Å². The molecule has 1 aliphatic rings. The predicted octanol–water partition coefficient (Wildman–Crippen LogP) is 3.44. The van der Waals surface area contributed by atoms with Gasteiger partial charge in [0.05, 0.1) is 6.04 Å². The quantitative estimate of drug-likeness (QED) is 0.908. The van der Waals surface area contributed by atoms with E-state index in [1.54, 1.807) is 11.3 Å². The Morgan fingerprint density at radius 2 is 2.28 bits per heavy atom. The zero-order valence-electron chi connectivity index (χ0n) is 10.8. The van der Waals surface area contributed by atoms with E-state index in [-0.39, 0.29) is 0 Å². The van der Waals surface area contributed by atoms with Crippen molar-refractivity contribution in [1.29, 1.82) is 0 Å². The summed E-state index contributed by atoms with van der Waals surface area (Å²) in [5, 5.41) is 4.80. The fraction of sp³-hybridized carbons (Fsp3) is 0.400. The minimum atomic E-state index is 0.358. The highest BCUT2D eigenvalue weighted by Crippen LogP contribution is 2.34. The predicted molar refractivity (Wildman–Crippen MR) is 76.2 cm³/mol. The molecule has 1 N–H and O–H groups in total. The number of aryl methyl sites for hydroxylation is 1. The highest BCUT2D eigenvalue weighted by atomic mass is 32.1. The molecule has 0 fully saturated rings. The van der Waals surface area contributed by atoms with Crippen LogP contribution in [0, 0.1) is 6.92 Å². The fourth-order valence-electron chi connectivity index (χ4n) is 2.52. The molecule has 0 bridgehead atoms. The first-order valence-corrected chi connectivity index (χ1v) is 7.29. The molecule has 1 heterocycles. The molecular formula is C15H18N2S. The summed E-state index contributed by atoms with van der Waals surface area (Å²) >= 11 is 1.79. The number of hydrogen-bond acceptors (Lipinski definition) is 3. The molecule has 0 saturated heterocycles. The van der Waals surface area contributed by atoms with E-state index in [1.165, 1.54) is 27.4 Å². The van der Waals surface area contributed by atoms with Gasteiger partial charge in [-0.2, -0.15) is 0 Å². The molecule has 3 heteroatoms. The van der Waals surface area contributed by atoms with E-state index in [0.717, 1.165) is 6.54 Å². The summed E-state index contributed by atoms with van der Waals surface area (Å²) in [6.07, 6.45) is 3.17. The summed E-state index contributed by atoms with van der Waals surface area (Å²) < 4.78 is 0. The number of fused-ring (bicyclic) bond motifs is 1. The van der Waals surface area contributed by atoms with Crippen LogP contribution in [0.4, 0.5) is 0 Å². The second-order valence-corrected chi connectivity index (χ2v) is 6.31. The molecule has 1 aliphatic carbocycles. The lowest BCUT2D eigenvalue weighted by molar-refractivity contribution is 0.488. The first kappa shape index (κ1) is 11.9. The molecular weight excluding hydrogens is 240 g/mol. The Labute approximate surface area is 112 Å². The molecule has 0 spiro atoms. The maximum Gasteiger partial charge on any atom is 0.109 e. The third kappa shape index (κ3) is 2.20. The Morgan fingerprint density at radius 3 is 3.00 bits per heavy atom. The van der Waals surface area contributed by atoms with E-state index < -0.39 is 0 Å². The number of aromatic nitrogens is 1. The smallest absolute Gasteiger partial charge is 0.109 e. The average Bonchev–Trinajstić information content (AvgIpc) is 2.77. The number of benzene rings is 1. The van der Waals surface area contributed by atoms with Crippen molar-refractivity contribution in [3.63, 3.8) is 0 Å². The van der Waals surface area contributed by atoms with E-state index in [4.69, 9.17) is 0 Å². The zero-order chi connectivity index (χ0) is 12.5. The van der Waals surface area contributed by atoms with Gasteiger partial charge in [-0.05, 0) is 31.4 Å². The topological polar surface area (TPSA) is 24.9 Å². The van der Waals surface area contributed by atoms with E-state index in [9.17, 15) is 0 Å². The third-order valence-corrected chi connectivity index (χ3v) is 4.74. The SMILES string of the molecule is Cc1cnc(C(C)NCC2Cc3ccccc32)s1. The van der Waals surface area contributed by atoms with Crippen molar-refractivity contribution < 1.29 is 0 Å². The Morgan fingerprint density at radius 1 is 1.44 bits per heavy atom. The van der Waals surface area contributed by atoms with Crippen LogP contribution in [-0.2, 0) is 6.42 Å².